The lowest BCUT2D eigenvalue weighted by atomic mass is 9.70. The first-order valence-corrected chi connectivity index (χ1v) is 9.85. The standard InChI is InChI=1S/C18H25BN3O7/c20-15(11-4-6-21-7-11)17(23)22-8-12(9-22)28-13-2-1-10-3-5-19(26,27)29-16(10)14(13)18(24)25/h1-2,11-12,15,21,26-27H,3-9,20H2,(H,24,25)/q-1. The molecule has 158 valence electrons. The molecule has 2 atom stereocenters. The van der Waals surface area contributed by atoms with E-state index in [0.29, 0.717) is 25.1 Å². The summed E-state index contributed by atoms with van der Waals surface area (Å²) in [7, 11) is 0. The fourth-order valence-corrected chi connectivity index (χ4v) is 4.10. The molecule has 4 rings (SSSR count). The van der Waals surface area contributed by atoms with Gasteiger partial charge in [0.15, 0.2) is 0 Å². The van der Waals surface area contributed by atoms with Gasteiger partial charge < -0.3 is 40.5 Å². The van der Waals surface area contributed by atoms with Crippen LogP contribution in [0.2, 0.25) is 6.32 Å². The van der Waals surface area contributed by atoms with Crippen molar-refractivity contribution in [2.45, 2.75) is 31.3 Å². The molecule has 0 bridgehead atoms. The van der Waals surface area contributed by atoms with Gasteiger partial charge >= 0.3 is 12.7 Å². The number of likely N-dealkylation sites (tertiary alicyclic amines) is 1. The average molecular weight is 406 g/mol. The van der Waals surface area contributed by atoms with Gasteiger partial charge in [-0.1, -0.05) is 12.4 Å². The van der Waals surface area contributed by atoms with E-state index in [0.717, 1.165) is 19.5 Å². The predicted molar refractivity (Wildman–Crippen MR) is 103 cm³/mol. The van der Waals surface area contributed by atoms with E-state index in [1.807, 2.05) is 0 Å². The molecule has 3 aliphatic rings. The summed E-state index contributed by atoms with van der Waals surface area (Å²) in [5.41, 5.74) is 6.42. The fraction of sp³-hybridized carbons (Fsp3) is 0.556. The first-order chi connectivity index (χ1) is 13.7. The molecule has 11 heteroatoms. The molecular formula is C18H25BN3O7-. The zero-order chi connectivity index (χ0) is 20.8. The molecule has 1 amide bonds. The number of amides is 1. The van der Waals surface area contributed by atoms with Crippen molar-refractivity contribution >= 4 is 18.6 Å². The Bertz CT molecular complexity index is 822. The molecule has 0 saturated carbocycles. The summed E-state index contributed by atoms with van der Waals surface area (Å²) in [6.45, 7) is -0.864. The van der Waals surface area contributed by atoms with E-state index < -0.39 is 18.8 Å². The van der Waals surface area contributed by atoms with E-state index in [-0.39, 0.29) is 41.3 Å². The third kappa shape index (κ3) is 3.91. The van der Waals surface area contributed by atoms with Crippen LogP contribution >= 0.6 is 0 Å². The van der Waals surface area contributed by atoms with Crippen molar-refractivity contribution in [3.63, 3.8) is 0 Å². The number of hydrogen-bond donors (Lipinski definition) is 5. The van der Waals surface area contributed by atoms with Gasteiger partial charge in [-0.3, -0.25) is 4.79 Å². The predicted octanol–water partition coefficient (Wildman–Crippen LogP) is -1.23. The Hall–Kier alpha value is -2.34. The van der Waals surface area contributed by atoms with Gasteiger partial charge in [-0.25, -0.2) is 4.79 Å². The average Bonchev–Trinajstić information content (AvgIpc) is 3.16. The lowest BCUT2D eigenvalue weighted by molar-refractivity contribution is -0.142. The van der Waals surface area contributed by atoms with E-state index in [2.05, 4.69) is 5.32 Å². The number of hydrogen-bond acceptors (Lipinski definition) is 8. The highest BCUT2D eigenvalue weighted by Gasteiger charge is 2.39. The molecule has 1 aromatic carbocycles. The van der Waals surface area contributed by atoms with Gasteiger partial charge in [0.2, 0.25) is 5.91 Å². The summed E-state index contributed by atoms with van der Waals surface area (Å²) in [5, 5.41) is 32.4. The minimum atomic E-state index is -3.09. The number of rotatable bonds is 5. The van der Waals surface area contributed by atoms with Crippen LogP contribution in [0.4, 0.5) is 0 Å². The number of benzene rings is 1. The minimum absolute atomic E-state index is 0.00271. The summed E-state index contributed by atoms with van der Waals surface area (Å²) in [6, 6.07) is 2.65. The summed E-state index contributed by atoms with van der Waals surface area (Å²) < 4.78 is 11.0. The number of aryl methyl sites for hydroxylation is 1. The number of nitrogens with zero attached hydrogens (tertiary/aromatic N) is 1. The van der Waals surface area contributed by atoms with Gasteiger partial charge in [-0.05, 0) is 43.5 Å². The van der Waals surface area contributed by atoms with Gasteiger partial charge in [-0.15, -0.1) is 0 Å². The molecular weight excluding hydrogens is 381 g/mol. The topological polar surface area (TPSA) is 155 Å². The third-order valence-electron chi connectivity index (χ3n) is 5.86. The van der Waals surface area contributed by atoms with E-state index in [1.165, 1.54) is 0 Å². The molecule has 2 saturated heterocycles. The molecule has 0 aromatic heterocycles. The Morgan fingerprint density at radius 2 is 2.10 bits per heavy atom. The van der Waals surface area contributed by atoms with Crippen LogP contribution in [0.25, 0.3) is 0 Å². The number of nitrogens with two attached hydrogens (primary N) is 1. The van der Waals surface area contributed by atoms with Crippen LogP contribution in [0.5, 0.6) is 11.5 Å². The number of carbonyl (C=O) groups excluding carboxylic acids is 1. The lowest BCUT2D eigenvalue weighted by Gasteiger charge is -2.41. The van der Waals surface area contributed by atoms with Crippen LogP contribution < -0.4 is 20.4 Å². The van der Waals surface area contributed by atoms with Crippen LogP contribution in [-0.2, 0) is 11.2 Å². The molecule has 29 heavy (non-hydrogen) atoms. The van der Waals surface area contributed by atoms with Crippen molar-refractivity contribution in [3.05, 3.63) is 23.3 Å². The molecule has 2 unspecified atom stereocenters. The molecule has 3 aliphatic heterocycles. The molecule has 6 N–H and O–H groups in total. The van der Waals surface area contributed by atoms with E-state index in [1.54, 1.807) is 17.0 Å². The summed E-state index contributed by atoms with van der Waals surface area (Å²) in [4.78, 5) is 25.9. The van der Waals surface area contributed by atoms with Gasteiger partial charge in [0.05, 0.1) is 24.9 Å². The van der Waals surface area contributed by atoms with Crippen LogP contribution in [0.3, 0.4) is 0 Å². The van der Waals surface area contributed by atoms with E-state index in [4.69, 9.17) is 15.1 Å². The Morgan fingerprint density at radius 3 is 2.76 bits per heavy atom. The quantitative estimate of drug-likeness (QED) is 0.378. The number of carbonyl (C=O) groups is 2. The second-order valence-corrected chi connectivity index (χ2v) is 8.01. The third-order valence-corrected chi connectivity index (χ3v) is 5.86. The Labute approximate surface area is 167 Å². The first-order valence-electron chi connectivity index (χ1n) is 9.85. The second-order valence-electron chi connectivity index (χ2n) is 8.01. The van der Waals surface area contributed by atoms with Crippen LogP contribution in [0, 0.1) is 5.92 Å². The maximum Gasteiger partial charge on any atom is 0.430 e. The van der Waals surface area contributed by atoms with E-state index in [9.17, 15) is 24.7 Å². The maximum absolute atomic E-state index is 12.5. The monoisotopic (exact) mass is 406 g/mol. The largest absolute Gasteiger partial charge is 0.669 e. The molecule has 0 aliphatic carbocycles. The van der Waals surface area contributed by atoms with Crippen LogP contribution in [0.15, 0.2) is 12.1 Å². The highest BCUT2D eigenvalue weighted by molar-refractivity contribution is 6.59. The molecule has 10 nitrogen and oxygen atoms in total. The molecule has 0 spiro atoms. The normalized spacial score (nSPS) is 24.2. The summed E-state index contributed by atoms with van der Waals surface area (Å²) in [6.07, 6.45) is 0.799. The van der Waals surface area contributed by atoms with Crippen LogP contribution in [-0.4, -0.2) is 77.0 Å². The van der Waals surface area contributed by atoms with Gasteiger partial charge in [0.1, 0.15) is 17.4 Å². The number of carboxylic acids is 1. The van der Waals surface area contributed by atoms with Gasteiger partial charge in [0, 0.05) is 0 Å². The Morgan fingerprint density at radius 1 is 1.34 bits per heavy atom. The van der Waals surface area contributed by atoms with Crippen molar-refractivity contribution in [1.29, 1.82) is 0 Å². The number of carboxylic acid groups (broad SMARTS) is 1. The fourth-order valence-electron chi connectivity index (χ4n) is 4.10. The zero-order valence-corrected chi connectivity index (χ0v) is 15.9. The molecule has 2 fully saturated rings. The Balaban J connectivity index is 1.43. The first kappa shape index (κ1) is 20.0. The van der Waals surface area contributed by atoms with Crippen molar-refractivity contribution in [2.24, 2.45) is 11.7 Å². The van der Waals surface area contributed by atoms with Crippen molar-refractivity contribution in [1.82, 2.24) is 10.2 Å². The van der Waals surface area contributed by atoms with E-state index >= 15 is 0 Å². The highest BCUT2D eigenvalue weighted by Crippen LogP contribution is 2.39. The Kier molecular flexibility index (Phi) is 5.15. The summed E-state index contributed by atoms with van der Waals surface area (Å²) in [5.74, 6) is -1.29. The van der Waals surface area contributed by atoms with Crippen LogP contribution in [0.1, 0.15) is 22.3 Å². The van der Waals surface area contributed by atoms with Gasteiger partial charge in [-0.2, -0.15) is 0 Å². The number of ether oxygens (including phenoxy) is 1. The summed E-state index contributed by atoms with van der Waals surface area (Å²) >= 11 is 0. The van der Waals surface area contributed by atoms with Crippen molar-refractivity contribution in [3.8, 4) is 11.5 Å². The lowest BCUT2D eigenvalue weighted by Crippen LogP contribution is -2.61. The maximum atomic E-state index is 12.5. The smallest absolute Gasteiger partial charge is 0.430 e. The molecule has 0 radical (unpaired) electrons. The zero-order valence-electron chi connectivity index (χ0n) is 15.9. The van der Waals surface area contributed by atoms with Crippen molar-refractivity contribution in [2.75, 3.05) is 26.2 Å². The molecule has 1 aromatic rings. The minimum Gasteiger partial charge on any atom is -0.669 e. The SMILES string of the molecule is NC(C(=O)N1CC(Oc2ccc3c(c2C(=O)O)O[B-](O)(O)CC3)C1)C1CCNC1. The number of aromatic carboxylic acids is 1. The molecule has 3 heterocycles. The number of fused-ring (bicyclic) bond motifs is 1. The van der Waals surface area contributed by atoms with Crippen molar-refractivity contribution < 1.29 is 34.1 Å². The van der Waals surface area contributed by atoms with Gasteiger partial charge in [0.25, 0.3) is 0 Å². The highest BCUT2D eigenvalue weighted by atomic mass is 16.6. The second kappa shape index (κ2) is 7.49. The number of nitrogens with one attached hydrogen (secondary N) is 1.